The van der Waals surface area contributed by atoms with Gasteiger partial charge in [-0.2, -0.15) is 0 Å². The lowest BCUT2D eigenvalue weighted by Gasteiger charge is -2.22. The summed E-state index contributed by atoms with van der Waals surface area (Å²) in [5.41, 5.74) is 0. The van der Waals surface area contributed by atoms with Crippen molar-refractivity contribution in [3.8, 4) is 0 Å². The first-order valence-corrected chi connectivity index (χ1v) is 4.72. The van der Waals surface area contributed by atoms with Crippen LogP contribution in [-0.4, -0.2) is 46.5 Å². The topological polar surface area (TPSA) is 54.0 Å². The van der Waals surface area contributed by atoms with E-state index in [4.69, 9.17) is 21.6 Å². The average Bonchev–Trinajstić information content (AvgIpc) is 2.55. The Bertz CT molecular complexity index is 266. The first kappa shape index (κ1) is 9.63. The zero-order valence-corrected chi connectivity index (χ0v) is 9.14. The van der Waals surface area contributed by atoms with E-state index in [2.05, 4.69) is 0 Å². The minimum absolute atomic E-state index is 0.0466. The molecule has 1 aliphatic heterocycles. The Morgan fingerprint density at radius 3 is 2.80 bits per heavy atom. The van der Waals surface area contributed by atoms with Crippen molar-refractivity contribution in [2.24, 2.45) is 0 Å². The van der Waals surface area contributed by atoms with Crippen molar-refractivity contribution in [3.05, 3.63) is 0 Å². The first-order chi connectivity index (χ1) is 7.99. The van der Waals surface area contributed by atoms with Gasteiger partial charge in [0.25, 0.3) is 7.45 Å². The van der Waals surface area contributed by atoms with Crippen molar-refractivity contribution in [1.82, 2.24) is 0 Å². The first-order valence-electron chi connectivity index (χ1n) is 6.00. The second-order valence-corrected chi connectivity index (χ2v) is 3.19. The predicted molar refractivity (Wildman–Crippen MR) is 54.8 cm³/mol. The second-order valence-electron chi connectivity index (χ2n) is 3.19. The molecule has 0 bridgehead atoms. The third kappa shape index (κ3) is 2.93. The summed E-state index contributed by atoms with van der Waals surface area (Å²) < 4.78 is 35.6. The monoisotopic (exact) mass is 218 g/mol. The van der Waals surface area contributed by atoms with E-state index in [0.717, 1.165) is 0 Å². The molecule has 0 spiro atoms. The van der Waals surface area contributed by atoms with Gasteiger partial charge in [0.2, 0.25) is 0 Å². The van der Waals surface area contributed by atoms with Crippen LogP contribution in [0.25, 0.3) is 0 Å². The molecule has 0 N–H and O–H groups in total. The third-order valence-corrected chi connectivity index (χ3v) is 2.09. The summed E-state index contributed by atoms with van der Waals surface area (Å²) in [5, 5.41) is 0. The highest BCUT2D eigenvalue weighted by Crippen LogP contribution is 2.26. The SMILES string of the molecule is [2H]C[C@H]1O[C@H](OC)[C@H](OC(C)=O)[C@@H]1OB([2H])C. The fraction of sp³-hybridized carbons (Fsp3) is 0.889. The molecule has 4 atom stereocenters. The molecular weight excluding hydrogens is 199 g/mol. The number of esters is 1. The summed E-state index contributed by atoms with van der Waals surface area (Å²) in [6.45, 7) is 2.78. The molecule has 86 valence electrons. The van der Waals surface area contributed by atoms with Gasteiger partial charge in [0, 0.05) is 16.7 Å². The van der Waals surface area contributed by atoms with Gasteiger partial charge in [-0.3, -0.25) is 4.79 Å². The van der Waals surface area contributed by atoms with E-state index >= 15 is 0 Å². The smallest absolute Gasteiger partial charge is 0.303 e. The number of carbonyl (C=O) groups is 1. The van der Waals surface area contributed by atoms with Gasteiger partial charge in [-0.1, -0.05) is 6.82 Å². The van der Waals surface area contributed by atoms with Crippen LogP contribution in [0.2, 0.25) is 6.82 Å². The van der Waals surface area contributed by atoms with Crippen LogP contribution in [0.5, 0.6) is 0 Å². The summed E-state index contributed by atoms with van der Waals surface area (Å²) in [4.78, 5) is 11.0. The highest BCUT2D eigenvalue weighted by Gasteiger charge is 2.45. The summed E-state index contributed by atoms with van der Waals surface area (Å²) in [6.07, 6.45) is -2.69. The molecule has 1 rings (SSSR count). The highest BCUT2D eigenvalue weighted by atomic mass is 16.7. The van der Waals surface area contributed by atoms with E-state index in [1.54, 1.807) is 6.82 Å². The Kier molecular flexibility index (Phi) is 3.52. The Balaban J connectivity index is 2.79. The Morgan fingerprint density at radius 1 is 1.60 bits per heavy atom. The minimum atomic E-state index is -0.786. The molecule has 15 heavy (non-hydrogen) atoms. The molecule has 0 aromatic carbocycles. The maximum atomic E-state index is 11.0. The Hall–Kier alpha value is -0.585. The van der Waals surface area contributed by atoms with Gasteiger partial charge in [0.1, 0.15) is 6.10 Å². The summed E-state index contributed by atoms with van der Waals surface area (Å²) in [7, 11) is 0.639. The van der Waals surface area contributed by atoms with Crippen LogP contribution in [0, 0.1) is 0 Å². The van der Waals surface area contributed by atoms with Crippen LogP contribution < -0.4 is 0 Å². The summed E-state index contributed by atoms with van der Waals surface area (Å²) >= 11 is 0. The van der Waals surface area contributed by atoms with Crippen molar-refractivity contribution in [3.63, 3.8) is 0 Å². The second kappa shape index (κ2) is 5.49. The predicted octanol–water partition coefficient (Wildman–Crippen LogP) is 0.0941. The van der Waals surface area contributed by atoms with Crippen molar-refractivity contribution >= 4 is 13.4 Å². The number of hydrogen-bond acceptors (Lipinski definition) is 5. The lowest BCUT2D eigenvalue weighted by Crippen LogP contribution is -2.39. The molecule has 0 saturated carbocycles. The minimum Gasteiger partial charge on any atom is -0.454 e. The molecule has 0 aliphatic carbocycles. The lowest BCUT2D eigenvalue weighted by molar-refractivity contribution is -0.176. The van der Waals surface area contributed by atoms with Gasteiger partial charge in [-0.05, 0) is 6.90 Å². The van der Waals surface area contributed by atoms with Crippen molar-refractivity contribution < 1.29 is 25.0 Å². The number of hydrogen-bond donors (Lipinski definition) is 0. The van der Waals surface area contributed by atoms with Crippen LogP contribution in [0.3, 0.4) is 0 Å². The lowest BCUT2D eigenvalue weighted by atomic mass is 10.0. The molecule has 0 unspecified atom stereocenters. The molecule has 6 heteroatoms. The Labute approximate surface area is 93.1 Å². The normalized spacial score (nSPS) is 37.0. The van der Waals surface area contributed by atoms with Gasteiger partial charge in [0.05, 0.1) is 6.10 Å². The maximum Gasteiger partial charge on any atom is 0.303 e. The van der Waals surface area contributed by atoms with E-state index in [-0.39, 0.29) is 6.90 Å². The number of methoxy groups -OCH3 is 1. The molecule has 5 nitrogen and oxygen atoms in total. The molecule has 1 aliphatic rings. The van der Waals surface area contributed by atoms with Crippen molar-refractivity contribution in [2.75, 3.05) is 7.11 Å². The van der Waals surface area contributed by atoms with E-state index in [9.17, 15) is 4.79 Å². The summed E-state index contributed by atoms with van der Waals surface area (Å²) in [5.74, 6) is -0.475. The van der Waals surface area contributed by atoms with Crippen molar-refractivity contribution in [2.45, 2.75) is 45.2 Å². The molecule has 1 saturated heterocycles. The molecule has 0 amide bonds. The van der Waals surface area contributed by atoms with Crippen LogP contribution in [0.1, 0.15) is 15.2 Å². The number of ether oxygens (including phenoxy) is 3. The van der Waals surface area contributed by atoms with Gasteiger partial charge < -0.3 is 18.9 Å². The zero-order valence-electron chi connectivity index (χ0n) is 11.1. The van der Waals surface area contributed by atoms with Crippen LogP contribution in [-0.2, 0) is 23.7 Å². The molecule has 1 fully saturated rings. The van der Waals surface area contributed by atoms with Crippen LogP contribution in [0.15, 0.2) is 0 Å². The summed E-state index contributed by atoms with van der Waals surface area (Å²) in [6, 6.07) is 0. The third-order valence-electron chi connectivity index (χ3n) is 2.09. The largest absolute Gasteiger partial charge is 0.454 e. The van der Waals surface area contributed by atoms with Gasteiger partial charge in [-0.25, -0.2) is 0 Å². The number of rotatable bonds is 4. The number of carbonyl (C=O) groups excluding carboxylic acids is 1. The molecular formula is C9H17BO5. The van der Waals surface area contributed by atoms with Gasteiger partial charge >= 0.3 is 5.97 Å². The fourth-order valence-corrected chi connectivity index (χ4v) is 1.52. The highest BCUT2D eigenvalue weighted by molar-refractivity contribution is 6.24. The molecule has 0 aromatic rings. The fourth-order valence-electron chi connectivity index (χ4n) is 1.52. The molecule has 0 radical (unpaired) electrons. The van der Waals surface area contributed by atoms with Gasteiger partial charge in [-0.15, -0.1) is 0 Å². The van der Waals surface area contributed by atoms with Crippen LogP contribution >= 0.6 is 0 Å². The van der Waals surface area contributed by atoms with Crippen LogP contribution in [0.4, 0.5) is 0 Å². The molecule has 1 heterocycles. The Morgan fingerprint density at radius 2 is 2.33 bits per heavy atom. The van der Waals surface area contributed by atoms with E-state index in [1.165, 1.54) is 14.0 Å². The van der Waals surface area contributed by atoms with E-state index in [1.807, 2.05) is 0 Å². The van der Waals surface area contributed by atoms with Crippen molar-refractivity contribution in [1.29, 1.82) is 1.34 Å². The van der Waals surface area contributed by atoms with Gasteiger partial charge in [0.15, 0.2) is 12.4 Å². The van der Waals surface area contributed by atoms with E-state index in [0.29, 0.717) is 0 Å². The standard InChI is InChI=1S/C9H17BO5/c1-5-7(15-10-3)8(14-6(2)11)9(12-4)13-5/h5,7-10H,1-4H3/t5-,7-,8-,9+/m1/s1/i1D,10D. The quantitative estimate of drug-likeness (QED) is 0.494. The maximum absolute atomic E-state index is 11.0. The average molecular weight is 218 g/mol. The molecule has 0 aromatic heterocycles. The van der Waals surface area contributed by atoms with E-state index < -0.39 is 38.0 Å². The zero-order chi connectivity index (χ0) is 13.0.